The van der Waals surface area contributed by atoms with Gasteiger partial charge in [-0.15, -0.1) is 0 Å². The van der Waals surface area contributed by atoms with E-state index in [4.69, 9.17) is 9.72 Å². The van der Waals surface area contributed by atoms with E-state index in [0.717, 1.165) is 49.8 Å². The normalized spacial score (nSPS) is 31.1. The Kier molecular flexibility index (Phi) is 3.14. The standard InChI is InChI=1S/C16H19N5OS/c1-2-5-13-12(4-1)17-15(23-13)21-16(20-8-10-22-11-9-20)7-3-6-14(16)18-19-21/h1-2,4-5,14H,3,6-11H2/p+1/t14-,16+/m0/s1. The van der Waals surface area contributed by atoms with Crippen LogP contribution in [0.3, 0.4) is 0 Å². The minimum absolute atomic E-state index is 0.0440. The number of quaternary nitrogens is 1. The van der Waals surface area contributed by atoms with Crippen LogP contribution in [-0.4, -0.2) is 43.0 Å². The average Bonchev–Trinajstić information content (AvgIpc) is 3.28. The number of rotatable bonds is 2. The van der Waals surface area contributed by atoms with Crippen molar-refractivity contribution in [2.75, 3.05) is 31.3 Å². The molecule has 1 N–H and O–H groups in total. The van der Waals surface area contributed by atoms with Gasteiger partial charge in [0.15, 0.2) is 0 Å². The Morgan fingerprint density at radius 2 is 2.13 bits per heavy atom. The van der Waals surface area contributed by atoms with Gasteiger partial charge in [0, 0.05) is 6.42 Å². The van der Waals surface area contributed by atoms with Gasteiger partial charge in [-0.3, -0.25) is 0 Å². The molecule has 1 aliphatic carbocycles. The summed E-state index contributed by atoms with van der Waals surface area (Å²) in [4.78, 5) is 6.41. The van der Waals surface area contributed by atoms with Crippen molar-refractivity contribution in [2.24, 2.45) is 10.3 Å². The highest BCUT2D eigenvalue weighted by molar-refractivity contribution is 7.22. The van der Waals surface area contributed by atoms with Crippen LogP contribution in [0.5, 0.6) is 0 Å². The molecule has 120 valence electrons. The lowest BCUT2D eigenvalue weighted by atomic mass is 10.0. The number of hydrogen-bond acceptors (Lipinski definition) is 6. The summed E-state index contributed by atoms with van der Waals surface area (Å²) in [6, 6.07) is 8.60. The predicted molar refractivity (Wildman–Crippen MR) is 88.8 cm³/mol. The van der Waals surface area contributed by atoms with Crippen LogP contribution < -0.4 is 9.91 Å². The van der Waals surface area contributed by atoms with Crippen molar-refractivity contribution in [1.82, 2.24) is 4.98 Å². The molecule has 23 heavy (non-hydrogen) atoms. The lowest BCUT2D eigenvalue weighted by Crippen LogP contribution is -3.24. The molecule has 0 bridgehead atoms. The first-order valence-electron chi connectivity index (χ1n) is 8.37. The van der Waals surface area contributed by atoms with Crippen molar-refractivity contribution in [3.05, 3.63) is 24.3 Å². The van der Waals surface area contributed by atoms with E-state index in [1.54, 1.807) is 16.2 Å². The molecule has 2 fully saturated rings. The summed E-state index contributed by atoms with van der Waals surface area (Å²) in [5.41, 5.74) is 1.01. The summed E-state index contributed by atoms with van der Waals surface area (Å²) in [6.45, 7) is 3.72. The second-order valence-corrected chi connectivity index (χ2v) is 7.54. The second-order valence-electron chi connectivity index (χ2n) is 6.53. The molecule has 2 aliphatic heterocycles. The van der Waals surface area contributed by atoms with Gasteiger partial charge < -0.3 is 9.64 Å². The van der Waals surface area contributed by atoms with Crippen LogP contribution in [0.4, 0.5) is 5.13 Å². The van der Waals surface area contributed by atoms with Crippen molar-refractivity contribution < 1.29 is 9.64 Å². The van der Waals surface area contributed by atoms with Crippen LogP contribution in [0.25, 0.3) is 10.2 Å². The molecule has 7 heteroatoms. The number of nitrogens with one attached hydrogen (secondary N) is 1. The molecule has 1 saturated heterocycles. The fraction of sp³-hybridized carbons (Fsp3) is 0.562. The van der Waals surface area contributed by atoms with Crippen molar-refractivity contribution >= 4 is 26.7 Å². The molecule has 0 unspecified atom stereocenters. The van der Waals surface area contributed by atoms with Gasteiger partial charge in [0.2, 0.25) is 10.8 Å². The third-order valence-corrected chi connectivity index (χ3v) is 6.43. The summed E-state index contributed by atoms with van der Waals surface area (Å²) >= 11 is 1.72. The highest BCUT2D eigenvalue weighted by atomic mass is 32.1. The van der Waals surface area contributed by atoms with Gasteiger partial charge in [-0.2, -0.15) is 10.1 Å². The van der Waals surface area contributed by atoms with Crippen molar-refractivity contribution in [3.8, 4) is 0 Å². The number of fused-ring (bicyclic) bond motifs is 2. The van der Waals surface area contributed by atoms with Gasteiger partial charge in [-0.1, -0.05) is 28.7 Å². The monoisotopic (exact) mass is 330 g/mol. The van der Waals surface area contributed by atoms with E-state index in [2.05, 4.69) is 33.5 Å². The third-order valence-electron chi connectivity index (χ3n) is 5.42. The van der Waals surface area contributed by atoms with Gasteiger partial charge in [0.05, 0.1) is 23.4 Å². The second kappa shape index (κ2) is 5.22. The zero-order valence-electron chi connectivity index (χ0n) is 12.9. The molecule has 3 heterocycles. The molecule has 3 aliphatic rings. The first-order valence-corrected chi connectivity index (χ1v) is 9.19. The van der Waals surface area contributed by atoms with Gasteiger partial charge in [0.1, 0.15) is 19.1 Å². The van der Waals surface area contributed by atoms with E-state index in [1.807, 2.05) is 6.07 Å². The molecule has 0 radical (unpaired) electrons. The van der Waals surface area contributed by atoms with E-state index < -0.39 is 0 Å². The summed E-state index contributed by atoms with van der Waals surface area (Å²) in [5.74, 6) is 0. The van der Waals surface area contributed by atoms with E-state index in [1.165, 1.54) is 11.1 Å². The molecule has 1 aromatic heterocycles. The molecule has 5 rings (SSSR count). The van der Waals surface area contributed by atoms with Crippen LogP contribution in [0.1, 0.15) is 19.3 Å². The summed E-state index contributed by atoms with van der Waals surface area (Å²) in [6.07, 6.45) is 3.49. The molecular weight excluding hydrogens is 310 g/mol. The van der Waals surface area contributed by atoms with Crippen LogP contribution in [0, 0.1) is 0 Å². The molecule has 2 aromatic rings. The van der Waals surface area contributed by atoms with Crippen LogP contribution in [0.2, 0.25) is 0 Å². The molecular formula is C16H20N5OS+. The molecule has 1 aromatic carbocycles. The Bertz CT molecular complexity index is 723. The van der Waals surface area contributed by atoms with Crippen LogP contribution in [-0.2, 0) is 4.74 Å². The van der Waals surface area contributed by atoms with Crippen LogP contribution in [0.15, 0.2) is 34.6 Å². The first-order chi connectivity index (χ1) is 11.4. The number of thiazole rings is 1. The Balaban J connectivity index is 1.58. The number of ether oxygens (including phenoxy) is 1. The Morgan fingerprint density at radius 1 is 1.26 bits per heavy atom. The SMILES string of the molecule is c1ccc2sc(N3N=N[C@H]4CCC[C@]43[NH+]3CCOCC3)nc2c1. The van der Waals surface area contributed by atoms with E-state index in [9.17, 15) is 0 Å². The van der Waals surface area contributed by atoms with E-state index in [-0.39, 0.29) is 5.66 Å². The van der Waals surface area contributed by atoms with Gasteiger partial charge in [-0.05, 0) is 25.0 Å². The molecule has 2 atom stereocenters. The summed E-state index contributed by atoms with van der Waals surface area (Å²) in [7, 11) is 0. The molecule has 0 amide bonds. The highest BCUT2D eigenvalue weighted by Gasteiger charge is 2.61. The maximum Gasteiger partial charge on any atom is 0.221 e. The van der Waals surface area contributed by atoms with Gasteiger partial charge >= 0.3 is 0 Å². The molecule has 1 saturated carbocycles. The Hall–Kier alpha value is -1.57. The average molecular weight is 330 g/mol. The zero-order valence-corrected chi connectivity index (χ0v) is 13.8. The first kappa shape index (κ1) is 13.8. The van der Waals surface area contributed by atoms with Gasteiger partial charge in [0.25, 0.3) is 0 Å². The number of aromatic nitrogens is 1. The van der Waals surface area contributed by atoms with Crippen molar-refractivity contribution in [1.29, 1.82) is 0 Å². The number of hydrogen-bond donors (Lipinski definition) is 1. The minimum atomic E-state index is -0.0440. The number of morpholine rings is 1. The lowest BCUT2D eigenvalue weighted by Gasteiger charge is -2.42. The summed E-state index contributed by atoms with van der Waals surface area (Å²) in [5, 5.41) is 12.3. The fourth-order valence-electron chi connectivity index (χ4n) is 4.34. The van der Waals surface area contributed by atoms with E-state index >= 15 is 0 Å². The maximum absolute atomic E-state index is 5.58. The highest BCUT2D eigenvalue weighted by Crippen LogP contribution is 2.43. The minimum Gasteiger partial charge on any atom is -0.370 e. The quantitative estimate of drug-likeness (QED) is 0.911. The maximum atomic E-state index is 5.58. The van der Waals surface area contributed by atoms with Crippen LogP contribution >= 0.6 is 11.3 Å². The largest absolute Gasteiger partial charge is 0.370 e. The Labute approximate surface area is 138 Å². The number of nitrogens with zero attached hydrogens (tertiary/aromatic N) is 4. The third kappa shape index (κ3) is 1.96. The lowest BCUT2D eigenvalue weighted by molar-refractivity contribution is -0.958. The predicted octanol–water partition coefficient (Wildman–Crippen LogP) is 1.65. The van der Waals surface area contributed by atoms with Crippen molar-refractivity contribution in [3.63, 3.8) is 0 Å². The Morgan fingerprint density at radius 3 is 3.00 bits per heavy atom. The number of anilines is 1. The molecule has 0 spiro atoms. The van der Waals surface area contributed by atoms with Crippen molar-refractivity contribution in [2.45, 2.75) is 31.0 Å². The smallest absolute Gasteiger partial charge is 0.221 e. The fourth-order valence-corrected chi connectivity index (χ4v) is 5.33. The topological polar surface area (TPSA) is 54.5 Å². The van der Waals surface area contributed by atoms with Gasteiger partial charge in [-0.25, -0.2) is 4.98 Å². The zero-order chi connectivity index (χ0) is 15.3. The van der Waals surface area contributed by atoms with E-state index in [0.29, 0.717) is 6.04 Å². The number of benzene rings is 1. The summed E-state index contributed by atoms with van der Waals surface area (Å²) < 4.78 is 6.79. The number of para-hydroxylation sites is 1. The molecule has 6 nitrogen and oxygen atoms in total.